The van der Waals surface area contributed by atoms with E-state index in [2.05, 4.69) is 4.90 Å². The number of carbonyl (C=O) groups excluding carboxylic acids is 1. The minimum Gasteiger partial charge on any atom is -0.492 e. The molecule has 0 radical (unpaired) electrons. The Hall–Kier alpha value is -1.55. The highest BCUT2D eigenvalue weighted by molar-refractivity contribution is 5.72. The first kappa shape index (κ1) is 15.5. The maximum absolute atomic E-state index is 11.3. The molecule has 4 nitrogen and oxygen atoms in total. The summed E-state index contributed by atoms with van der Waals surface area (Å²) in [6.07, 6.45) is 0. The van der Waals surface area contributed by atoms with Gasteiger partial charge in [-0.15, -0.1) is 0 Å². The largest absolute Gasteiger partial charge is 0.492 e. The first-order chi connectivity index (χ1) is 9.04. The predicted octanol–water partition coefficient (Wildman–Crippen LogP) is 2.11. The van der Waals surface area contributed by atoms with Crippen LogP contribution in [0.15, 0.2) is 24.3 Å². The Morgan fingerprint density at radius 2 is 2.05 bits per heavy atom. The Labute approximate surface area is 115 Å². The summed E-state index contributed by atoms with van der Waals surface area (Å²) in [7, 11) is 3.39. The van der Waals surface area contributed by atoms with Crippen LogP contribution in [0.5, 0.6) is 5.75 Å². The number of benzene rings is 1. The Kier molecular flexibility index (Phi) is 6.36. The molecule has 1 aromatic rings. The summed E-state index contributed by atoms with van der Waals surface area (Å²) in [6.45, 7) is 5.94. The zero-order valence-corrected chi connectivity index (χ0v) is 12.2. The van der Waals surface area contributed by atoms with Crippen LogP contribution < -0.4 is 4.74 Å². The van der Waals surface area contributed by atoms with Crippen molar-refractivity contribution in [1.29, 1.82) is 0 Å². The minimum absolute atomic E-state index is 0.117. The zero-order chi connectivity index (χ0) is 14.3. The molecule has 0 saturated carbocycles. The van der Waals surface area contributed by atoms with Crippen LogP contribution >= 0.6 is 0 Å². The molecular formula is C15H23NO3. The third kappa shape index (κ3) is 5.30. The molecule has 0 bridgehead atoms. The highest BCUT2D eigenvalue weighted by Crippen LogP contribution is 2.15. The summed E-state index contributed by atoms with van der Waals surface area (Å²) in [4.78, 5) is 13.4. The molecule has 0 aliphatic carbocycles. The first-order valence-corrected chi connectivity index (χ1v) is 6.49. The van der Waals surface area contributed by atoms with Crippen molar-refractivity contribution in [3.8, 4) is 5.75 Å². The van der Waals surface area contributed by atoms with Gasteiger partial charge < -0.3 is 14.4 Å². The summed E-state index contributed by atoms with van der Waals surface area (Å²) in [5.41, 5.74) is 1.13. The summed E-state index contributed by atoms with van der Waals surface area (Å²) in [5.74, 6) is 0.622. The number of methoxy groups -OCH3 is 1. The molecule has 0 amide bonds. The number of nitrogens with zero attached hydrogens (tertiary/aromatic N) is 1. The summed E-state index contributed by atoms with van der Waals surface area (Å²) >= 11 is 0. The number of esters is 1. The molecular weight excluding hydrogens is 242 g/mol. The third-order valence-electron chi connectivity index (χ3n) is 3.01. The second-order valence-corrected chi connectivity index (χ2v) is 4.80. The Morgan fingerprint density at radius 3 is 2.68 bits per heavy atom. The highest BCUT2D eigenvalue weighted by Gasteiger charge is 2.15. The monoisotopic (exact) mass is 265 g/mol. The number of hydrogen-bond acceptors (Lipinski definition) is 4. The van der Waals surface area contributed by atoms with E-state index in [0.717, 1.165) is 17.9 Å². The van der Waals surface area contributed by atoms with Crippen molar-refractivity contribution >= 4 is 5.97 Å². The van der Waals surface area contributed by atoms with Gasteiger partial charge in [-0.05, 0) is 25.6 Å². The van der Waals surface area contributed by atoms with E-state index in [1.807, 2.05) is 45.2 Å². The van der Waals surface area contributed by atoms with Crippen LogP contribution in [0.25, 0.3) is 0 Å². The van der Waals surface area contributed by atoms with E-state index in [4.69, 9.17) is 9.47 Å². The van der Waals surface area contributed by atoms with Gasteiger partial charge in [0.05, 0.1) is 13.0 Å². The fraction of sp³-hybridized carbons (Fsp3) is 0.533. The quantitative estimate of drug-likeness (QED) is 0.708. The molecule has 1 aromatic carbocycles. The lowest BCUT2D eigenvalue weighted by Crippen LogP contribution is -2.32. The van der Waals surface area contributed by atoms with Gasteiger partial charge in [0, 0.05) is 13.1 Å². The van der Waals surface area contributed by atoms with E-state index in [1.54, 1.807) is 0 Å². The van der Waals surface area contributed by atoms with E-state index in [0.29, 0.717) is 13.2 Å². The number of rotatable bonds is 7. The van der Waals surface area contributed by atoms with Gasteiger partial charge in [-0.1, -0.05) is 25.1 Å². The molecule has 106 valence electrons. The van der Waals surface area contributed by atoms with Gasteiger partial charge >= 0.3 is 5.97 Å². The molecule has 0 N–H and O–H groups in total. The van der Waals surface area contributed by atoms with Gasteiger partial charge in [-0.3, -0.25) is 4.79 Å². The molecule has 0 fully saturated rings. The normalized spacial score (nSPS) is 12.3. The molecule has 19 heavy (non-hydrogen) atoms. The molecule has 0 saturated heterocycles. The number of likely N-dealkylation sites (N-methyl/N-ethyl adjacent to an activating group) is 1. The average molecular weight is 265 g/mol. The van der Waals surface area contributed by atoms with Gasteiger partial charge in [0.2, 0.25) is 0 Å². The maximum Gasteiger partial charge on any atom is 0.309 e. The zero-order valence-electron chi connectivity index (χ0n) is 12.2. The Balaban J connectivity index is 2.29. The number of ether oxygens (including phenoxy) is 2. The van der Waals surface area contributed by atoms with Crippen molar-refractivity contribution in [2.24, 2.45) is 5.92 Å². The van der Waals surface area contributed by atoms with E-state index >= 15 is 0 Å². The molecule has 0 aromatic heterocycles. The second-order valence-electron chi connectivity index (χ2n) is 4.80. The molecule has 1 unspecified atom stereocenters. The van der Waals surface area contributed by atoms with Gasteiger partial charge in [0.15, 0.2) is 0 Å². The van der Waals surface area contributed by atoms with E-state index in [-0.39, 0.29) is 11.9 Å². The van der Waals surface area contributed by atoms with Gasteiger partial charge in [-0.25, -0.2) is 0 Å². The van der Waals surface area contributed by atoms with Crippen molar-refractivity contribution in [3.05, 3.63) is 29.8 Å². The molecule has 0 aliphatic rings. The number of para-hydroxylation sites is 1. The van der Waals surface area contributed by atoms with Crippen molar-refractivity contribution in [3.63, 3.8) is 0 Å². The van der Waals surface area contributed by atoms with Crippen LogP contribution in [-0.4, -0.2) is 44.7 Å². The molecule has 0 aliphatic heterocycles. The molecule has 0 spiro atoms. The SMILES string of the molecule is COC(=O)C(C)CN(C)CCOc1ccccc1C. The van der Waals surface area contributed by atoms with Crippen molar-refractivity contribution < 1.29 is 14.3 Å². The Bertz CT molecular complexity index is 406. The standard InChI is InChI=1S/C15H23NO3/c1-12-7-5-6-8-14(12)19-10-9-16(3)11-13(2)15(17)18-4/h5-8,13H,9-11H2,1-4H3. The number of carbonyl (C=O) groups is 1. The van der Waals surface area contributed by atoms with Gasteiger partial charge in [-0.2, -0.15) is 0 Å². The average Bonchev–Trinajstić information content (AvgIpc) is 2.40. The fourth-order valence-corrected chi connectivity index (χ4v) is 1.86. The van der Waals surface area contributed by atoms with Crippen LogP contribution in [-0.2, 0) is 9.53 Å². The summed E-state index contributed by atoms with van der Waals surface area (Å²) in [6, 6.07) is 7.95. The summed E-state index contributed by atoms with van der Waals surface area (Å²) < 4.78 is 10.4. The van der Waals surface area contributed by atoms with Gasteiger partial charge in [0.1, 0.15) is 12.4 Å². The smallest absolute Gasteiger partial charge is 0.309 e. The fourth-order valence-electron chi connectivity index (χ4n) is 1.86. The number of hydrogen-bond donors (Lipinski definition) is 0. The number of aryl methyl sites for hydroxylation is 1. The Morgan fingerprint density at radius 1 is 1.37 bits per heavy atom. The van der Waals surface area contributed by atoms with Crippen LogP contribution in [0.4, 0.5) is 0 Å². The lowest BCUT2D eigenvalue weighted by molar-refractivity contribution is -0.145. The van der Waals surface area contributed by atoms with Crippen molar-refractivity contribution in [2.75, 3.05) is 33.9 Å². The van der Waals surface area contributed by atoms with E-state index in [9.17, 15) is 4.79 Å². The van der Waals surface area contributed by atoms with Crippen molar-refractivity contribution in [2.45, 2.75) is 13.8 Å². The third-order valence-corrected chi connectivity index (χ3v) is 3.01. The van der Waals surface area contributed by atoms with E-state index < -0.39 is 0 Å². The van der Waals surface area contributed by atoms with Gasteiger partial charge in [0.25, 0.3) is 0 Å². The van der Waals surface area contributed by atoms with Crippen LogP contribution in [0, 0.1) is 12.8 Å². The molecule has 0 heterocycles. The minimum atomic E-state index is -0.174. The predicted molar refractivity (Wildman–Crippen MR) is 75.4 cm³/mol. The maximum atomic E-state index is 11.3. The molecule has 1 rings (SSSR count). The lowest BCUT2D eigenvalue weighted by Gasteiger charge is -2.20. The van der Waals surface area contributed by atoms with Crippen LogP contribution in [0.3, 0.4) is 0 Å². The van der Waals surface area contributed by atoms with Crippen LogP contribution in [0.2, 0.25) is 0 Å². The highest BCUT2D eigenvalue weighted by atomic mass is 16.5. The topological polar surface area (TPSA) is 38.8 Å². The van der Waals surface area contributed by atoms with E-state index in [1.165, 1.54) is 7.11 Å². The van der Waals surface area contributed by atoms with Crippen molar-refractivity contribution in [1.82, 2.24) is 4.90 Å². The second kappa shape index (κ2) is 7.79. The lowest BCUT2D eigenvalue weighted by atomic mass is 10.2. The molecule has 1 atom stereocenters. The molecule has 4 heteroatoms. The first-order valence-electron chi connectivity index (χ1n) is 6.49. The van der Waals surface area contributed by atoms with Crippen LogP contribution in [0.1, 0.15) is 12.5 Å². The summed E-state index contributed by atoms with van der Waals surface area (Å²) in [5, 5.41) is 0.